The predicted octanol–water partition coefficient (Wildman–Crippen LogP) is 8.62. The van der Waals surface area contributed by atoms with Crippen LogP contribution in [0.2, 0.25) is 5.02 Å². The lowest BCUT2D eigenvalue weighted by atomic mass is 9.89. The van der Waals surface area contributed by atoms with E-state index in [2.05, 4.69) is 42.5 Å². The van der Waals surface area contributed by atoms with Crippen molar-refractivity contribution in [2.75, 3.05) is 5.75 Å². The molecule has 4 nitrogen and oxygen atoms in total. The second kappa shape index (κ2) is 12.6. The van der Waals surface area contributed by atoms with Crippen LogP contribution in [-0.2, 0) is 16.8 Å². The summed E-state index contributed by atoms with van der Waals surface area (Å²) in [4.78, 5) is 16.3. The van der Waals surface area contributed by atoms with Crippen molar-refractivity contribution in [2.45, 2.75) is 63.2 Å². The molecule has 0 saturated heterocycles. The Morgan fingerprint density at radius 3 is 2.73 bits per heavy atom. The van der Waals surface area contributed by atoms with Crippen LogP contribution in [0.1, 0.15) is 62.8 Å². The maximum atomic E-state index is 11.5. The molecule has 1 unspecified atom stereocenters. The van der Waals surface area contributed by atoms with Crippen molar-refractivity contribution >= 4 is 46.3 Å². The van der Waals surface area contributed by atoms with Gasteiger partial charge in [0.05, 0.1) is 23.2 Å². The fourth-order valence-corrected chi connectivity index (χ4v) is 7.36. The lowest BCUT2D eigenvalue weighted by Crippen LogP contribution is -2.20. The number of benzene rings is 2. The van der Waals surface area contributed by atoms with E-state index < -0.39 is 11.6 Å². The van der Waals surface area contributed by atoms with Gasteiger partial charge in [0.25, 0.3) is 0 Å². The molecule has 0 bridgehead atoms. The van der Waals surface area contributed by atoms with Gasteiger partial charge in [-0.1, -0.05) is 72.3 Å². The largest absolute Gasteiger partial charge is 0.481 e. The van der Waals surface area contributed by atoms with E-state index in [1.807, 2.05) is 68.1 Å². The van der Waals surface area contributed by atoms with Gasteiger partial charge in [-0.2, -0.15) is 11.8 Å². The van der Waals surface area contributed by atoms with Gasteiger partial charge in [-0.25, -0.2) is 4.98 Å². The molecule has 0 radical (unpaired) electrons. The van der Waals surface area contributed by atoms with E-state index in [0.29, 0.717) is 5.02 Å². The van der Waals surface area contributed by atoms with Crippen LogP contribution >= 0.6 is 23.4 Å². The van der Waals surface area contributed by atoms with E-state index in [1.165, 1.54) is 5.57 Å². The number of fused-ring (bicyclic) bond motifs is 1. The molecule has 2 aliphatic rings. The summed E-state index contributed by atoms with van der Waals surface area (Å²) in [6, 6.07) is 18.0. The number of aliphatic carboxylic acids is 1. The van der Waals surface area contributed by atoms with Gasteiger partial charge in [-0.05, 0) is 98.3 Å². The smallest absolute Gasteiger partial charge is 0.303 e. The predicted molar refractivity (Wildman–Crippen MR) is 171 cm³/mol. The van der Waals surface area contributed by atoms with Gasteiger partial charge in [-0.3, -0.25) is 4.79 Å². The molecule has 41 heavy (non-hydrogen) atoms. The Hall–Kier alpha value is -2.86. The van der Waals surface area contributed by atoms with Crippen molar-refractivity contribution in [3.05, 3.63) is 106 Å². The standard InChI is InChI=1S/C35H38ClNO3S/c1-34(2,40)30-9-4-3-7-25(30)13-17-32(41-23-35(18-19-35)22-33(38)39)27-8-5-6-24(20-27)10-15-29-16-12-26-11-14-28(36)21-31(26)37-29/h3-5,7-12,14-16,20-21,24,32,40H,6,13,17-19,22-23H2,1-2H3,(H,38,39)/b15-10+/t24?,32-/m1/s1. The fraction of sp³-hybridized carbons (Fsp3) is 0.371. The maximum Gasteiger partial charge on any atom is 0.303 e. The Kier molecular flexibility index (Phi) is 9.08. The number of carbonyl (C=O) groups is 1. The SMILES string of the molecule is CC(C)(O)c1ccccc1CC[C@@H](SCC1(CC(=O)O)CC1)C1=CC(/C=C/c2ccc3ccc(Cl)cc3n2)CC=C1. The van der Waals surface area contributed by atoms with E-state index in [4.69, 9.17) is 16.6 Å². The van der Waals surface area contributed by atoms with Crippen molar-refractivity contribution in [1.29, 1.82) is 0 Å². The summed E-state index contributed by atoms with van der Waals surface area (Å²) in [7, 11) is 0. The summed E-state index contributed by atoms with van der Waals surface area (Å²) in [5.74, 6) is 0.407. The van der Waals surface area contributed by atoms with Crippen LogP contribution in [0.15, 0.2) is 84.5 Å². The summed E-state index contributed by atoms with van der Waals surface area (Å²) in [5.41, 5.74) is 4.24. The van der Waals surface area contributed by atoms with Crippen LogP contribution in [0.25, 0.3) is 17.0 Å². The number of nitrogens with zero attached hydrogens (tertiary/aromatic N) is 1. The first-order valence-corrected chi connectivity index (χ1v) is 15.8. The van der Waals surface area contributed by atoms with E-state index in [-0.39, 0.29) is 23.0 Å². The molecule has 1 heterocycles. The van der Waals surface area contributed by atoms with Crippen LogP contribution in [0.5, 0.6) is 0 Å². The zero-order valence-electron chi connectivity index (χ0n) is 23.7. The highest BCUT2D eigenvalue weighted by Gasteiger charge is 2.44. The monoisotopic (exact) mass is 587 g/mol. The molecular formula is C35H38ClNO3S. The van der Waals surface area contributed by atoms with Crippen molar-refractivity contribution in [2.24, 2.45) is 11.3 Å². The molecule has 2 aliphatic carbocycles. The Bertz CT molecular complexity index is 1500. The minimum Gasteiger partial charge on any atom is -0.481 e. The van der Waals surface area contributed by atoms with Crippen molar-refractivity contribution in [1.82, 2.24) is 4.98 Å². The average Bonchev–Trinajstić information content (AvgIpc) is 3.70. The molecule has 2 N–H and O–H groups in total. The first-order chi connectivity index (χ1) is 19.6. The highest BCUT2D eigenvalue weighted by molar-refractivity contribution is 8.00. The normalized spacial score (nSPS) is 18.9. The van der Waals surface area contributed by atoms with Gasteiger partial charge in [0.15, 0.2) is 0 Å². The lowest BCUT2D eigenvalue weighted by molar-refractivity contribution is -0.138. The molecule has 0 amide bonds. The number of aromatic nitrogens is 1. The number of carboxylic acid groups (broad SMARTS) is 1. The number of aliphatic hydroxyl groups is 1. The van der Waals surface area contributed by atoms with Gasteiger partial charge in [0.1, 0.15) is 0 Å². The summed E-state index contributed by atoms with van der Waals surface area (Å²) >= 11 is 8.07. The minimum atomic E-state index is -0.902. The molecule has 6 heteroatoms. The Balaban J connectivity index is 1.34. The van der Waals surface area contributed by atoms with E-state index in [9.17, 15) is 15.0 Å². The topological polar surface area (TPSA) is 70.4 Å². The summed E-state index contributed by atoms with van der Waals surface area (Å²) in [5, 5.41) is 22.2. The molecule has 0 aliphatic heterocycles. The van der Waals surface area contributed by atoms with E-state index >= 15 is 0 Å². The molecule has 214 valence electrons. The lowest BCUT2D eigenvalue weighted by Gasteiger charge is -2.26. The van der Waals surface area contributed by atoms with Gasteiger partial charge >= 0.3 is 5.97 Å². The quantitative estimate of drug-likeness (QED) is 0.222. The van der Waals surface area contributed by atoms with Crippen LogP contribution in [0.4, 0.5) is 0 Å². The van der Waals surface area contributed by atoms with Gasteiger partial charge in [-0.15, -0.1) is 0 Å². The molecule has 1 fully saturated rings. The van der Waals surface area contributed by atoms with Crippen LogP contribution in [-0.4, -0.2) is 32.2 Å². The maximum absolute atomic E-state index is 11.5. The second-order valence-electron chi connectivity index (χ2n) is 12.0. The third kappa shape index (κ3) is 7.91. The Labute approximate surface area is 252 Å². The number of allylic oxidation sites excluding steroid dienone is 4. The molecular weight excluding hydrogens is 550 g/mol. The number of carboxylic acids is 1. The summed E-state index contributed by atoms with van der Waals surface area (Å²) in [6.45, 7) is 3.67. The molecule has 5 rings (SSSR count). The molecule has 2 atom stereocenters. The van der Waals surface area contributed by atoms with Crippen molar-refractivity contribution in [3.8, 4) is 0 Å². The van der Waals surface area contributed by atoms with E-state index in [0.717, 1.165) is 65.6 Å². The third-order valence-corrected chi connectivity index (χ3v) is 10.0. The fourth-order valence-electron chi connectivity index (χ4n) is 5.62. The number of thioether (sulfide) groups is 1. The zero-order valence-corrected chi connectivity index (χ0v) is 25.3. The first-order valence-electron chi connectivity index (χ1n) is 14.4. The van der Waals surface area contributed by atoms with Crippen molar-refractivity contribution in [3.63, 3.8) is 0 Å². The number of hydrogen-bond acceptors (Lipinski definition) is 4. The van der Waals surface area contributed by atoms with Gasteiger partial charge in [0, 0.05) is 21.4 Å². The summed E-state index contributed by atoms with van der Waals surface area (Å²) < 4.78 is 0. The third-order valence-electron chi connectivity index (χ3n) is 8.11. The van der Waals surface area contributed by atoms with Crippen LogP contribution in [0, 0.1) is 11.3 Å². The van der Waals surface area contributed by atoms with Crippen LogP contribution < -0.4 is 0 Å². The molecule has 2 aromatic carbocycles. The number of halogens is 1. The Morgan fingerprint density at radius 2 is 1.98 bits per heavy atom. The number of pyridine rings is 1. The number of hydrogen-bond donors (Lipinski definition) is 2. The minimum absolute atomic E-state index is 0.0668. The van der Waals surface area contributed by atoms with E-state index in [1.54, 1.807) is 0 Å². The number of aryl methyl sites for hydroxylation is 1. The van der Waals surface area contributed by atoms with Gasteiger partial charge < -0.3 is 10.2 Å². The summed E-state index contributed by atoms with van der Waals surface area (Å²) in [6.07, 6.45) is 16.1. The van der Waals surface area contributed by atoms with Crippen LogP contribution in [0.3, 0.4) is 0 Å². The molecule has 3 aromatic rings. The first kappa shape index (κ1) is 29.6. The highest BCUT2D eigenvalue weighted by Crippen LogP contribution is 2.52. The number of rotatable bonds is 12. The highest BCUT2D eigenvalue weighted by atomic mass is 35.5. The van der Waals surface area contributed by atoms with Crippen molar-refractivity contribution < 1.29 is 15.0 Å². The Morgan fingerprint density at radius 1 is 1.20 bits per heavy atom. The molecule has 0 spiro atoms. The second-order valence-corrected chi connectivity index (χ2v) is 13.7. The average molecular weight is 588 g/mol. The van der Waals surface area contributed by atoms with Gasteiger partial charge in [0.2, 0.25) is 0 Å². The zero-order chi connectivity index (χ0) is 29.0. The molecule has 1 saturated carbocycles. The molecule has 1 aromatic heterocycles.